The second-order valence-electron chi connectivity index (χ2n) is 9.06. The van der Waals surface area contributed by atoms with Crippen molar-refractivity contribution in [1.82, 2.24) is 10.2 Å². The Morgan fingerprint density at radius 1 is 1.11 bits per heavy atom. The number of hydrogen-bond acceptors (Lipinski definition) is 5. The summed E-state index contributed by atoms with van der Waals surface area (Å²) in [5, 5.41) is 15.1. The van der Waals surface area contributed by atoms with Gasteiger partial charge in [-0.1, -0.05) is 42.3 Å². The highest BCUT2D eigenvalue weighted by Gasteiger charge is 2.35. The Balaban J connectivity index is 2.46. The summed E-state index contributed by atoms with van der Waals surface area (Å²) >= 11 is 0. The standard InChI is InChI=1S/C27H33N3O5/c1-7-20-13-9-10-14-21(20)23(24(32)29-22-15-11-8-12-18(22)2)30(16-17-31)25(33)19(3)28-26(34)35-27(4,5)6/h1,8-15,19,23,31H,16-17H2,2-6H3,(H,28,34)(H,29,32). The first-order valence-electron chi connectivity index (χ1n) is 11.3. The van der Waals surface area contributed by atoms with Gasteiger partial charge in [0.25, 0.3) is 5.91 Å². The van der Waals surface area contributed by atoms with Crippen molar-refractivity contribution in [3.63, 3.8) is 0 Å². The van der Waals surface area contributed by atoms with Gasteiger partial charge in [-0.05, 0) is 57.9 Å². The number of alkyl carbamates (subject to hydrolysis) is 1. The maximum Gasteiger partial charge on any atom is 0.408 e. The van der Waals surface area contributed by atoms with Gasteiger partial charge >= 0.3 is 6.09 Å². The van der Waals surface area contributed by atoms with Gasteiger partial charge in [0.2, 0.25) is 5.91 Å². The Hall–Kier alpha value is -3.83. The molecule has 3 N–H and O–H groups in total. The number of para-hydroxylation sites is 1. The van der Waals surface area contributed by atoms with Crippen molar-refractivity contribution >= 4 is 23.6 Å². The minimum absolute atomic E-state index is 0.163. The first kappa shape index (κ1) is 27.4. The Kier molecular flexibility index (Phi) is 9.43. The minimum atomic E-state index is -1.16. The molecule has 0 aliphatic carbocycles. The Morgan fingerprint density at radius 2 is 1.74 bits per heavy atom. The number of carbonyl (C=O) groups excluding carboxylic acids is 3. The molecule has 186 valence electrons. The smallest absolute Gasteiger partial charge is 0.408 e. The molecule has 0 radical (unpaired) electrons. The fraction of sp³-hybridized carbons (Fsp3) is 0.370. The molecule has 0 aromatic heterocycles. The molecule has 2 rings (SSSR count). The average Bonchev–Trinajstić information content (AvgIpc) is 2.78. The highest BCUT2D eigenvalue weighted by atomic mass is 16.6. The molecule has 0 saturated heterocycles. The Morgan fingerprint density at radius 3 is 2.34 bits per heavy atom. The lowest BCUT2D eigenvalue weighted by Gasteiger charge is -2.33. The SMILES string of the molecule is C#Cc1ccccc1C(C(=O)Nc1ccccc1C)N(CCO)C(=O)C(C)NC(=O)OC(C)(C)C. The van der Waals surface area contributed by atoms with Crippen molar-refractivity contribution in [3.8, 4) is 12.3 Å². The van der Waals surface area contributed by atoms with E-state index in [1.54, 1.807) is 57.2 Å². The Labute approximate surface area is 206 Å². The number of amides is 3. The number of ether oxygens (including phenoxy) is 1. The quantitative estimate of drug-likeness (QED) is 0.503. The van der Waals surface area contributed by atoms with E-state index in [4.69, 9.17) is 11.2 Å². The van der Waals surface area contributed by atoms with Crippen molar-refractivity contribution < 1.29 is 24.2 Å². The van der Waals surface area contributed by atoms with Crippen molar-refractivity contribution in [1.29, 1.82) is 0 Å². The maximum atomic E-state index is 13.6. The molecule has 2 unspecified atom stereocenters. The van der Waals surface area contributed by atoms with E-state index in [0.717, 1.165) is 5.56 Å². The van der Waals surface area contributed by atoms with E-state index >= 15 is 0 Å². The van der Waals surface area contributed by atoms with E-state index in [1.165, 1.54) is 11.8 Å². The zero-order chi connectivity index (χ0) is 26.2. The predicted molar refractivity (Wildman–Crippen MR) is 135 cm³/mol. The van der Waals surface area contributed by atoms with Crippen LogP contribution in [0.3, 0.4) is 0 Å². The van der Waals surface area contributed by atoms with Gasteiger partial charge in [-0.3, -0.25) is 9.59 Å². The van der Waals surface area contributed by atoms with E-state index in [0.29, 0.717) is 16.8 Å². The molecular formula is C27H33N3O5. The van der Waals surface area contributed by atoms with Gasteiger partial charge in [0, 0.05) is 17.8 Å². The van der Waals surface area contributed by atoms with Crippen LogP contribution in [0, 0.1) is 19.3 Å². The normalized spacial score (nSPS) is 12.6. The summed E-state index contributed by atoms with van der Waals surface area (Å²) in [6.07, 6.45) is 4.92. The van der Waals surface area contributed by atoms with Crippen LogP contribution in [-0.4, -0.2) is 52.7 Å². The number of nitrogens with one attached hydrogen (secondary N) is 2. The first-order valence-corrected chi connectivity index (χ1v) is 11.3. The lowest BCUT2D eigenvalue weighted by Crippen LogP contribution is -2.52. The van der Waals surface area contributed by atoms with Gasteiger partial charge < -0.3 is 25.4 Å². The fourth-order valence-corrected chi connectivity index (χ4v) is 3.50. The summed E-state index contributed by atoms with van der Waals surface area (Å²) in [6.45, 7) is 7.89. The number of anilines is 1. The van der Waals surface area contributed by atoms with Gasteiger partial charge in [0.1, 0.15) is 17.7 Å². The van der Waals surface area contributed by atoms with Crippen LogP contribution in [0.2, 0.25) is 0 Å². The number of aliphatic hydroxyl groups is 1. The van der Waals surface area contributed by atoms with Crippen LogP contribution < -0.4 is 10.6 Å². The highest BCUT2D eigenvalue weighted by Crippen LogP contribution is 2.27. The average molecular weight is 480 g/mol. The van der Waals surface area contributed by atoms with Crippen LogP contribution >= 0.6 is 0 Å². The molecule has 2 aromatic carbocycles. The van der Waals surface area contributed by atoms with Crippen LogP contribution in [0.25, 0.3) is 0 Å². The lowest BCUT2D eigenvalue weighted by atomic mass is 9.97. The summed E-state index contributed by atoms with van der Waals surface area (Å²) in [6, 6.07) is 11.8. The second-order valence-corrected chi connectivity index (χ2v) is 9.06. The summed E-state index contributed by atoms with van der Waals surface area (Å²) in [5.74, 6) is 1.47. The van der Waals surface area contributed by atoms with E-state index in [9.17, 15) is 19.5 Å². The zero-order valence-corrected chi connectivity index (χ0v) is 20.8. The van der Waals surface area contributed by atoms with E-state index in [1.807, 2.05) is 19.1 Å². The topological polar surface area (TPSA) is 108 Å². The van der Waals surface area contributed by atoms with E-state index in [-0.39, 0.29) is 6.54 Å². The predicted octanol–water partition coefficient (Wildman–Crippen LogP) is 3.39. The van der Waals surface area contributed by atoms with Gasteiger partial charge in [-0.25, -0.2) is 4.79 Å². The molecule has 0 spiro atoms. The summed E-state index contributed by atoms with van der Waals surface area (Å²) in [5.41, 5.74) is 1.52. The third kappa shape index (κ3) is 7.59. The second kappa shape index (κ2) is 12.0. The number of benzene rings is 2. The molecule has 2 atom stereocenters. The van der Waals surface area contributed by atoms with Crippen LogP contribution in [0.4, 0.5) is 10.5 Å². The highest BCUT2D eigenvalue weighted by molar-refractivity contribution is 5.99. The van der Waals surface area contributed by atoms with Crippen LogP contribution in [-0.2, 0) is 14.3 Å². The number of hydrogen-bond donors (Lipinski definition) is 3. The van der Waals surface area contributed by atoms with Gasteiger partial charge in [-0.2, -0.15) is 0 Å². The molecule has 8 nitrogen and oxygen atoms in total. The molecule has 0 aliphatic rings. The number of carbonyl (C=O) groups is 3. The summed E-state index contributed by atoms with van der Waals surface area (Å²) in [4.78, 5) is 40.6. The summed E-state index contributed by atoms with van der Waals surface area (Å²) in [7, 11) is 0. The molecule has 0 fully saturated rings. The molecule has 3 amide bonds. The monoisotopic (exact) mass is 479 g/mol. The third-order valence-electron chi connectivity index (χ3n) is 5.10. The molecular weight excluding hydrogens is 446 g/mol. The molecule has 35 heavy (non-hydrogen) atoms. The number of nitrogens with zero attached hydrogens (tertiary/aromatic N) is 1. The molecule has 0 bridgehead atoms. The molecule has 0 saturated carbocycles. The van der Waals surface area contributed by atoms with Gasteiger partial charge in [-0.15, -0.1) is 6.42 Å². The lowest BCUT2D eigenvalue weighted by molar-refractivity contribution is -0.141. The third-order valence-corrected chi connectivity index (χ3v) is 5.10. The van der Waals surface area contributed by atoms with Crippen LogP contribution in [0.1, 0.15) is 50.4 Å². The number of aryl methyl sites for hydroxylation is 1. The molecule has 0 aliphatic heterocycles. The van der Waals surface area contributed by atoms with Crippen molar-refractivity contribution in [2.75, 3.05) is 18.5 Å². The van der Waals surface area contributed by atoms with Crippen molar-refractivity contribution in [3.05, 3.63) is 65.2 Å². The maximum absolute atomic E-state index is 13.6. The molecule has 2 aromatic rings. The minimum Gasteiger partial charge on any atom is -0.444 e. The number of rotatable bonds is 8. The van der Waals surface area contributed by atoms with Gasteiger partial charge in [0.15, 0.2) is 0 Å². The summed E-state index contributed by atoms with van der Waals surface area (Å²) < 4.78 is 5.24. The van der Waals surface area contributed by atoms with Crippen LogP contribution in [0.5, 0.6) is 0 Å². The van der Waals surface area contributed by atoms with Crippen molar-refractivity contribution in [2.24, 2.45) is 0 Å². The molecule has 0 heterocycles. The number of terminal acetylenes is 1. The van der Waals surface area contributed by atoms with E-state index in [2.05, 4.69) is 16.6 Å². The number of aliphatic hydroxyl groups excluding tert-OH is 1. The zero-order valence-electron chi connectivity index (χ0n) is 20.8. The largest absolute Gasteiger partial charge is 0.444 e. The van der Waals surface area contributed by atoms with Gasteiger partial charge in [0.05, 0.1) is 6.61 Å². The Bertz CT molecular complexity index is 1100. The first-order chi connectivity index (χ1) is 16.5. The van der Waals surface area contributed by atoms with E-state index < -0.39 is 42.2 Å². The van der Waals surface area contributed by atoms with Crippen molar-refractivity contribution in [2.45, 2.75) is 52.3 Å². The van der Waals surface area contributed by atoms with Crippen LogP contribution in [0.15, 0.2) is 48.5 Å². The molecule has 8 heteroatoms. The fourth-order valence-electron chi connectivity index (χ4n) is 3.50.